The van der Waals surface area contributed by atoms with Crippen molar-refractivity contribution >= 4 is 44.5 Å². The molecule has 3 nitrogen and oxygen atoms in total. The molecule has 0 saturated heterocycles. The van der Waals surface area contributed by atoms with Crippen LogP contribution in [0.3, 0.4) is 0 Å². The normalized spacial score (nSPS) is 11.0. The Morgan fingerprint density at radius 3 is 3.20 bits per heavy atom. The van der Waals surface area contributed by atoms with Crippen molar-refractivity contribution in [3.05, 3.63) is 11.2 Å². The minimum Gasteiger partial charge on any atom is -0.238 e. The highest BCUT2D eigenvalue weighted by Crippen LogP contribution is 2.19. The van der Waals surface area contributed by atoms with E-state index in [0.29, 0.717) is 0 Å². The van der Waals surface area contributed by atoms with Gasteiger partial charge in [0.2, 0.25) is 0 Å². The van der Waals surface area contributed by atoms with E-state index in [1.165, 1.54) is 0 Å². The van der Waals surface area contributed by atoms with Crippen LogP contribution in [0.2, 0.25) is 0 Å². The van der Waals surface area contributed by atoms with Gasteiger partial charge in [0, 0.05) is 0 Å². The summed E-state index contributed by atoms with van der Waals surface area (Å²) in [6.07, 6.45) is 1.92. The fourth-order valence-corrected chi connectivity index (χ4v) is 2.19. The molecule has 0 aliphatic carbocycles. The molecule has 0 fully saturated rings. The Kier molecular flexibility index (Phi) is 1.41. The van der Waals surface area contributed by atoms with E-state index < -0.39 is 0 Å². The second kappa shape index (κ2) is 2.16. The number of halogens is 1. The average Bonchev–Trinajstić information content (AvgIpc) is 2.21. The van der Waals surface area contributed by atoms with Crippen molar-refractivity contribution in [2.45, 2.75) is 6.92 Å². The van der Waals surface area contributed by atoms with Crippen molar-refractivity contribution in [3.8, 4) is 0 Å². The second-order valence-electron chi connectivity index (χ2n) is 1.94. The summed E-state index contributed by atoms with van der Waals surface area (Å²) >= 11 is 3.74. The lowest BCUT2D eigenvalue weighted by atomic mass is 10.6. The zero-order valence-electron chi connectivity index (χ0n) is 5.21. The number of rotatable bonds is 0. The van der Waals surface area contributed by atoms with Gasteiger partial charge < -0.3 is 0 Å². The number of hydrogen-bond donors (Lipinski definition) is 0. The van der Waals surface area contributed by atoms with Crippen LogP contribution in [-0.2, 0) is 0 Å². The third kappa shape index (κ3) is 0.929. The Morgan fingerprint density at radius 1 is 1.70 bits per heavy atom. The summed E-state index contributed by atoms with van der Waals surface area (Å²) in [6, 6.07) is 0. The van der Waals surface area contributed by atoms with E-state index in [2.05, 4.69) is 32.9 Å². The molecule has 52 valence electrons. The number of nitrogens with zero attached hydrogens (tertiary/aromatic N) is 3. The van der Waals surface area contributed by atoms with Gasteiger partial charge in [-0.15, -0.1) is 0 Å². The molecule has 5 heteroatoms. The molecular formula is C5H4IN3S. The van der Waals surface area contributed by atoms with Crippen LogP contribution in [0.4, 0.5) is 0 Å². The maximum atomic E-state index is 4.26. The Hall–Kier alpha value is -0.170. The Morgan fingerprint density at radius 2 is 2.50 bits per heavy atom. The summed E-state index contributed by atoms with van der Waals surface area (Å²) in [6.45, 7) is 1.99. The molecule has 0 bridgehead atoms. The number of aryl methyl sites for hydroxylation is 1. The number of fused-ring (bicyclic) bond motifs is 1. The molecule has 0 aromatic carbocycles. The topological polar surface area (TPSA) is 30.7 Å². The van der Waals surface area contributed by atoms with Crippen LogP contribution in [0.25, 0.3) is 10.3 Å². The molecule has 0 unspecified atom stereocenters. The lowest BCUT2D eigenvalue weighted by Crippen LogP contribution is -1.74. The van der Waals surface area contributed by atoms with Crippen molar-refractivity contribution in [1.29, 1.82) is 0 Å². The molecular weight excluding hydrogens is 261 g/mol. The third-order valence-corrected chi connectivity index (χ3v) is 2.52. The Bertz CT molecular complexity index is 301. The smallest absolute Gasteiger partial charge is 0.166 e. The third-order valence-electron chi connectivity index (χ3n) is 1.16. The molecule has 10 heavy (non-hydrogen) atoms. The average molecular weight is 265 g/mol. The molecule has 0 amide bonds. The number of aromatic nitrogens is 3. The van der Waals surface area contributed by atoms with Gasteiger partial charge in [0.05, 0.1) is 34.1 Å². The molecule has 0 spiro atoms. The molecule has 0 aliphatic rings. The van der Waals surface area contributed by atoms with E-state index >= 15 is 0 Å². The largest absolute Gasteiger partial charge is 0.238 e. The zero-order chi connectivity index (χ0) is 7.14. The van der Waals surface area contributed by atoms with Gasteiger partial charge in [-0.05, 0) is 6.92 Å². The Labute approximate surface area is 75.6 Å². The first-order chi connectivity index (χ1) is 4.75. The molecule has 0 saturated carbocycles. The van der Waals surface area contributed by atoms with Crippen LogP contribution < -0.4 is 0 Å². The van der Waals surface area contributed by atoms with Crippen LogP contribution in [0.1, 0.15) is 5.01 Å². The van der Waals surface area contributed by atoms with E-state index in [1.807, 2.05) is 13.1 Å². The fraction of sp³-hybridized carbons (Fsp3) is 0.200. The molecule has 2 heterocycles. The van der Waals surface area contributed by atoms with Crippen LogP contribution in [0.5, 0.6) is 0 Å². The molecule has 0 radical (unpaired) electrons. The highest BCUT2D eigenvalue weighted by Gasteiger charge is 2.02. The maximum absolute atomic E-state index is 4.26. The summed E-state index contributed by atoms with van der Waals surface area (Å²) in [7, 11) is 0. The fourth-order valence-electron chi connectivity index (χ4n) is 0.805. The molecule has 0 aliphatic heterocycles. The zero-order valence-corrected chi connectivity index (χ0v) is 8.18. The summed E-state index contributed by atoms with van der Waals surface area (Å²) < 4.78 is 1.76. The lowest BCUT2D eigenvalue weighted by Gasteiger charge is -1.77. The molecule has 2 aromatic rings. The first-order valence-corrected chi connectivity index (χ1v) is 4.53. The van der Waals surface area contributed by atoms with Crippen LogP contribution in [0.15, 0.2) is 6.20 Å². The van der Waals surface area contributed by atoms with Crippen molar-refractivity contribution in [2.75, 3.05) is 0 Å². The first kappa shape index (κ1) is 6.53. The van der Waals surface area contributed by atoms with Crippen molar-refractivity contribution in [3.63, 3.8) is 0 Å². The van der Waals surface area contributed by atoms with E-state index in [-0.39, 0.29) is 0 Å². The predicted octanol–water partition coefficient (Wildman–Crippen LogP) is 2.00. The highest BCUT2D eigenvalue weighted by atomic mass is 127. The molecule has 2 rings (SSSR count). The maximum Gasteiger partial charge on any atom is 0.166 e. The van der Waals surface area contributed by atoms with Gasteiger partial charge >= 0.3 is 0 Å². The van der Waals surface area contributed by atoms with Gasteiger partial charge in [-0.1, -0.05) is 11.3 Å². The quantitative estimate of drug-likeness (QED) is 0.682. The van der Waals surface area contributed by atoms with Crippen LogP contribution in [-0.4, -0.2) is 13.0 Å². The SMILES string of the molecule is Cc1nc2cn(I)nc2s1. The van der Waals surface area contributed by atoms with Gasteiger partial charge in [-0.25, -0.2) is 7.88 Å². The molecule has 0 atom stereocenters. The molecule has 2 aromatic heterocycles. The Balaban J connectivity index is 2.83. The summed E-state index contributed by atoms with van der Waals surface area (Å²) in [5, 5.41) is 5.27. The highest BCUT2D eigenvalue weighted by molar-refractivity contribution is 14.1. The number of hydrogen-bond acceptors (Lipinski definition) is 3. The number of thiazole rings is 1. The van der Waals surface area contributed by atoms with E-state index in [0.717, 1.165) is 15.4 Å². The van der Waals surface area contributed by atoms with Crippen molar-refractivity contribution < 1.29 is 0 Å². The van der Waals surface area contributed by atoms with Gasteiger partial charge in [0.15, 0.2) is 4.83 Å². The van der Waals surface area contributed by atoms with Crippen molar-refractivity contribution in [2.24, 2.45) is 0 Å². The standard InChI is InChI=1S/C5H4IN3S/c1-3-7-4-2-9(6)8-5(4)10-3/h2H,1H3. The van der Waals surface area contributed by atoms with Crippen LogP contribution in [0, 0.1) is 6.92 Å². The first-order valence-electron chi connectivity index (χ1n) is 2.74. The van der Waals surface area contributed by atoms with E-state index in [4.69, 9.17) is 0 Å². The van der Waals surface area contributed by atoms with Crippen LogP contribution >= 0.6 is 34.2 Å². The summed E-state index contributed by atoms with van der Waals surface area (Å²) in [5.74, 6) is 0. The van der Waals surface area contributed by atoms with Gasteiger partial charge in [-0.3, -0.25) is 0 Å². The van der Waals surface area contributed by atoms with E-state index in [9.17, 15) is 0 Å². The minimum atomic E-state index is 0.997. The van der Waals surface area contributed by atoms with Gasteiger partial charge in [0.1, 0.15) is 5.52 Å². The van der Waals surface area contributed by atoms with Crippen molar-refractivity contribution in [1.82, 2.24) is 13.0 Å². The molecule has 0 N–H and O–H groups in total. The van der Waals surface area contributed by atoms with E-state index in [1.54, 1.807) is 14.2 Å². The summed E-state index contributed by atoms with van der Waals surface area (Å²) in [5.41, 5.74) is 0.997. The van der Waals surface area contributed by atoms with Gasteiger partial charge in [-0.2, -0.15) is 5.10 Å². The minimum absolute atomic E-state index is 0.997. The lowest BCUT2D eigenvalue weighted by molar-refractivity contribution is 1.09. The second-order valence-corrected chi connectivity index (χ2v) is 4.11. The van der Waals surface area contributed by atoms with Gasteiger partial charge in [0.25, 0.3) is 0 Å². The summed E-state index contributed by atoms with van der Waals surface area (Å²) in [4.78, 5) is 5.28. The predicted molar refractivity (Wildman–Crippen MR) is 49.6 cm³/mol. The monoisotopic (exact) mass is 265 g/mol.